The SMILES string of the molecule is c1csc(-c2ccc3ncnc(OCCC4CCCCN4Cc4ccncc4)c3c2)c1. The molecular formula is C25H26N4OS. The topological polar surface area (TPSA) is 51.1 Å². The number of piperidine rings is 1. The van der Waals surface area contributed by atoms with Crippen LogP contribution in [0.15, 0.2) is 66.6 Å². The molecule has 1 saturated heterocycles. The largest absolute Gasteiger partial charge is 0.477 e. The Morgan fingerprint density at radius 2 is 2.00 bits per heavy atom. The van der Waals surface area contributed by atoms with Crippen molar-refractivity contribution in [3.05, 3.63) is 72.1 Å². The molecule has 3 aromatic heterocycles. The van der Waals surface area contributed by atoms with E-state index in [9.17, 15) is 0 Å². The molecule has 4 heterocycles. The lowest BCUT2D eigenvalue weighted by atomic mass is 9.99. The fourth-order valence-corrected chi connectivity index (χ4v) is 5.08. The van der Waals surface area contributed by atoms with E-state index in [0.29, 0.717) is 18.5 Å². The van der Waals surface area contributed by atoms with Crippen molar-refractivity contribution in [1.82, 2.24) is 19.9 Å². The first-order chi connectivity index (χ1) is 15.4. The Labute approximate surface area is 186 Å². The summed E-state index contributed by atoms with van der Waals surface area (Å²) in [6.45, 7) is 2.79. The van der Waals surface area contributed by atoms with E-state index in [0.717, 1.165) is 30.4 Å². The van der Waals surface area contributed by atoms with Crippen LogP contribution in [-0.2, 0) is 6.54 Å². The molecule has 5 rings (SSSR count). The van der Waals surface area contributed by atoms with Crippen LogP contribution >= 0.6 is 11.3 Å². The fraction of sp³-hybridized carbons (Fsp3) is 0.320. The van der Waals surface area contributed by atoms with E-state index >= 15 is 0 Å². The van der Waals surface area contributed by atoms with Crippen LogP contribution in [0.25, 0.3) is 21.3 Å². The zero-order valence-electron chi connectivity index (χ0n) is 17.5. The molecule has 0 radical (unpaired) electrons. The molecule has 31 heavy (non-hydrogen) atoms. The number of benzene rings is 1. The molecule has 1 aliphatic rings. The van der Waals surface area contributed by atoms with Gasteiger partial charge in [0.2, 0.25) is 5.88 Å². The number of thiophene rings is 1. The zero-order valence-corrected chi connectivity index (χ0v) is 18.3. The maximum atomic E-state index is 6.21. The summed E-state index contributed by atoms with van der Waals surface area (Å²) in [6, 6.07) is 15.3. The standard InChI is InChI=1S/C25H26N4OS/c1-2-13-29(17-19-8-11-26-12-9-19)21(4-1)10-14-30-25-22-16-20(24-5-3-15-31-24)6-7-23(22)27-18-28-25/h3,5-9,11-12,15-16,18,21H,1-2,4,10,13-14,17H2. The molecule has 4 aromatic rings. The summed E-state index contributed by atoms with van der Waals surface area (Å²) in [7, 11) is 0. The average molecular weight is 431 g/mol. The van der Waals surface area contributed by atoms with Gasteiger partial charge in [0.15, 0.2) is 0 Å². The highest BCUT2D eigenvalue weighted by Crippen LogP contribution is 2.31. The van der Waals surface area contributed by atoms with E-state index in [2.05, 4.69) is 67.7 Å². The highest BCUT2D eigenvalue weighted by atomic mass is 32.1. The fourth-order valence-electron chi connectivity index (χ4n) is 4.35. The lowest BCUT2D eigenvalue weighted by Crippen LogP contribution is -2.39. The van der Waals surface area contributed by atoms with Crippen LogP contribution in [0.4, 0.5) is 0 Å². The van der Waals surface area contributed by atoms with Gasteiger partial charge in [-0.15, -0.1) is 11.3 Å². The number of fused-ring (bicyclic) bond motifs is 1. The van der Waals surface area contributed by atoms with Gasteiger partial charge < -0.3 is 4.74 Å². The number of ether oxygens (including phenoxy) is 1. The monoisotopic (exact) mass is 430 g/mol. The highest BCUT2D eigenvalue weighted by molar-refractivity contribution is 7.13. The Morgan fingerprint density at radius 3 is 2.87 bits per heavy atom. The minimum atomic E-state index is 0.539. The van der Waals surface area contributed by atoms with Crippen LogP contribution in [0, 0.1) is 0 Å². The van der Waals surface area contributed by atoms with Crippen LogP contribution in [0.5, 0.6) is 5.88 Å². The Bertz CT molecular complexity index is 1120. The van der Waals surface area contributed by atoms with E-state index in [1.807, 2.05) is 12.4 Å². The Balaban J connectivity index is 1.27. The second kappa shape index (κ2) is 9.54. The molecule has 0 spiro atoms. The van der Waals surface area contributed by atoms with Gasteiger partial charge in [-0.3, -0.25) is 9.88 Å². The first-order valence-corrected chi connectivity index (χ1v) is 11.8. The Kier molecular flexibility index (Phi) is 6.18. The number of rotatable bonds is 7. The van der Waals surface area contributed by atoms with Crippen LogP contribution in [-0.4, -0.2) is 39.0 Å². The number of aromatic nitrogens is 3. The molecule has 0 N–H and O–H groups in total. The molecule has 0 bridgehead atoms. The normalized spacial score (nSPS) is 17.1. The number of nitrogens with zero attached hydrogens (tertiary/aromatic N) is 4. The molecule has 1 atom stereocenters. The summed E-state index contributed by atoms with van der Waals surface area (Å²) in [5, 5.41) is 3.08. The van der Waals surface area contributed by atoms with Crippen molar-refractivity contribution in [1.29, 1.82) is 0 Å². The van der Waals surface area contributed by atoms with Crippen molar-refractivity contribution in [2.45, 2.75) is 38.3 Å². The second-order valence-electron chi connectivity index (χ2n) is 8.00. The molecular weight excluding hydrogens is 404 g/mol. The summed E-state index contributed by atoms with van der Waals surface area (Å²) in [5.41, 5.74) is 3.42. The lowest BCUT2D eigenvalue weighted by molar-refractivity contribution is 0.116. The molecule has 6 heteroatoms. The van der Waals surface area contributed by atoms with Crippen molar-refractivity contribution in [3.8, 4) is 16.3 Å². The van der Waals surface area contributed by atoms with Crippen LogP contribution in [0.2, 0.25) is 0 Å². The van der Waals surface area contributed by atoms with Gasteiger partial charge in [0.1, 0.15) is 6.33 Å². The average Bonchev–Trinajstić information content (AvgIpc) is 3.36. The van der Waals surface area contributed by atoms with Crippen molar-refractivity contribution in [2.75, 3.05) is 13.2 Å². The smallest absolute Gasteiger partial charge is 0.224 e. The molecule has 158 valence electrons. The van der Waals surface area contributed by atoms with Gasteiger partial charge in [-0.05, 0) is 72.6 Å². The third-order valence-corrected chi connectivity index (χ3v) is 6.90. The van der Waals surface area contributed by atoms with Gasteiger partial charge in [0, 0.05) is 29.9 Å². The Morgan fingerprint density at radius 1 is 1.06 bits per heavy atom. The van der Waals surface area contributed by atoms with Crippen LogP contribution < -0.4 is 4.74 Å². The van der Waals surface area contributed by atoms with Crippen LogP contribution in [0.3, 0.4) is 0 Å². The predicted molar refractivity (Wildman–Crippen MR) is 125 cm³/mol. The molecule has 0 aliphatic carbocycles. The van der Waals surface area contributed by atoms with E-state index in [1.165, 1.54) is 35.3 Å². The third-order valence-electron chi connectivity index (χ3n) is 5.98. The molecule has 0 saturated carbocycles. The first kappa shape index (κ1) is 20.1. The predicted octanol–water partition coefficient (Wildman–Crippen LogP) is 5.58. The number of hydrogen-bond donors (Lipinski definition) is 0. The third kappa shape index (κ3) is 4.75. The van der Waals surface area contributed by atoms with E-state index in [-0.39, 0.29) is 0 Å². The molecule has 1 aliphatic heterocycles. The van der Waals surface area contributed by atoms with Gasteiger partial charge in [-0.2, -0.15) is 0 Å². The zero-order chi connectivity index (χ0) is 20.9. The minimum Gasteiger partial charge on any atom is -0.477 e. The summed E-state index contributed by atoms with van der Waals surface area (Å²) < 4.78 is 6.21. The summed E-state index contributed by atoms with van der Waals surface area (Å²) in [6.07, 6.45) is 10.1. The number of likely N-dealkylation sites (tertiary alicyclic amines) is 1. The maximum absolute atomic E-state index is 6.21. The van der Waals surface area contributed by atoms with Crippen molar-refractivity contribution in [2.24, 2.45) is 0 Å². The summed E-state index contributed by atoms with van der Waals surface area (Å²) >= 11 is 1.74. The van der Waals surface area contributed by atoms with E-state index in [4.69, 9.17) is 4.74 Å². The molecule has 5 nitrogen and oxygen atoms in total. The molecule has 0 amide bonds. The van der Waals surface area contributed by atoms with Gasteiger partial charge in [0.05, 0.1) is 17.5 Å². The van der Waals surface area contributed by atoms with Crippen molar-refractivity contribution in [3.63, 3.8) is 0 Å². The summed E-state index contributed by atoms with van der Waals surface area (Å²) in [4.78, 5) is 16.8. The van der Waals surface area contributed by atoms with Gasteiger partial charge in [-0.1, -0.05) is 18.6 Å². The highest BCUT2D eigenvalue weighted by Gasteiger charge is 2.22. The lowest BCUT2D eigenvalue weighted by Gasteiger charge is -2.35. The van der Waals surface area contributed by atoms with Gasteiger partial charge in [0.25, 0.3) is 0 Å². The first-order valence-electron chi connectivity index (χ1n) is 10.9. The molecule has 1 unspecified atom stereocenters. The number of pyridine rings is 1. The Hall–Kier alpha value is -2.83. The second-order valence-corrected chi connectivity index (χ2v) is 8.95. The molecule has 1 aromatic carbocycles. The van der Waals surface area contributed by atoms with Crippen LogP contribution in [0.1, 0.15) is 31.2 Å². The maximum Gasteiger partial charge on any atom is 0.224 e. The van der Waals surface area contributed by atoms with Gasteiger partial charge >= 0.3 is 0 Å². The molecule has 1 fully saturated rings. The van der Waals surface area contributed by atoms with Gasteiger partial charge in [-0.25, -0.2) is 9.97 Å². The minimum absolute atomic E-state index is 0.539. The van der Waals surface area contributed by atoms with E-state index < -0.39 is 0 Å². The quantitative estimate of drug-likeness (QED) is 0.383. The number of hydrogen-bond acceptors (Lipinski definition) is 6. The van der Waals surface area contributed by atoms with Crippen molar-refractivity contribution < 1.29 is 4.74 Å². The van der Waals surface area contributed by atoms with E-state index in [1.54, 1.807) is 17.7 Å². The van der Waals surface area contributed by atoms with Crippen molar-refractivity contribution >= 4 is 22.2 Å². The summed E-state index contributed by atoms with van der Waals surface area (Å²) in [5.74, 6) is 0.680.